The first-order chi connectivity index (χ1) is 6.86. The van der Waals surface area contributed by atoms with E-state index >= 15 is 0 Å². The van der Waals surface area contributed by atoms with Crippen LogP contribution in [0.1, 0.15) is 18.4 Å². The van der Waals surface area contributed by atoms with Crippen LogP contribution in [0.4, 0.5) is 5.88 Å². The fourth-order valence-electron chi connectivity index (χ4n) is 2.45. The van der Waals surface area contributed by atoms with Gasteiger partial charge in [0.05, 0.1) is 0 Å². The number of anilines is 1. The maximum atomic E-state index is 5.77. The Morgan fingerprint density at radius 1 is 1.21 bits per heavy atom. The van der Waals surface area contributed by atoms with Crippen LogP contribution in [0, 0.1) is 0 Å². The minimum Gasteiger partial charge on any atom is -0.440 e. The minimum absolute atomic E-state index is 0.387. The third-order valence-corrected chi connectivity index (χ3v) is 3.45. The van der Waals surface area contributed by atoms with Crippen LogP contribution in [0.15, 0.2) is 28.7 Å². The van der Waals surface area contributed by atoms with Crippen molar-refractivity contribution in [3.05, 3.63) is 29.8 Å². The average molecular weight is 185 g/mol. The summed E-state index contributed by atoms with van der Waals surface area (Å²) in [6.45, 7) is 0. The summed E-state index contributed by atoms with van der Waals surface area (Å²) in [7, 11) is 0. The number of nitrogens with one attached hydrogen (secondary N) is 1. The van der Waals surface area contributed by atoms with Gasteiger partial charge in [-0.2, -0.15) is 0 Å². The fourth-order valence-corrected chi connectivity index (χ4v) is 2.45. The molecule has 0 saturated heterocycles. The standard InChI is InChI=1S/C12H11NO/c1-2-4-10-8(3-1)9-7-12(5-6-12)13-11(9)14-10/h1-4,13H,5-7H2. The van der Waals surface area contributed by atoms with Crippen molar-refractivity contribution in [3.63, 3.8) is 0 Å². The first-order valence-electron chi connectivity index (χ1n) is 5.15. The second-order valence-corrected chi connectivity index (χ2v) is 4.49. The summed E-state index contributed by atoms with van der Waals surface area (Å²) >= 11 is 0. The number of furan rings is 1. The van der Waals surface area contributed by atoms with Gasteiger partial charge in [0, 0.05) is 22.9 Å². The molecule has 0 atom stereocenters. The van der Waals surface area contributed by atoms with E-state index in [1.54, 1.807) is 0 Å². The van der Waals surface area contributed by atoms with Crippen molar-refractivity contribution < 1.29 is 4.42 Å². The zero-order chi connectivity index (χ0) is 9.17. The Balaban J connectivity index is 2.00. The summed E-state index contributed by atoms with van der Waals surface area (Å²) in [4.78, 5) is 0. The highest BCUT2D eigenvalue weighted by atomic mass is 16.4. The van der Waals surface area contributed by atoms with Gasteiger partial charge in [0.25, 0.3) is 0 Å². The van der Waals surface area contributed by atoms with Gasteiger partial charge >= 0.3 is 0 Å². The SMILES string of the molecule is c1ccc2c3c(oc2c1)NC1(CC1)C3. The maximum Gasteiger partial charge on any atom is 0.197 e. The Morgan fingerprint density at radius 2 is 2.07 bits per heavy atom. The summed E-state index contributed by atoms with van der Waals surface area (Å²) in [6, 6.07) is 8.29. The molecule has 2 heteroatoms. The van der Waals surface area contributed by atoms with Crippen LogP contribution < -0.4 is 5.32 Å². The first kappa shape index (κ1) is 6.93. The second-order valence-electron chi connectivity index (χ2n) is 4.49. The number of benzene rings is 1. The van der Waals surface area contributed by atoms with E-state index in [-0.39, 0.29) is 0 Å². The van der Waals surface area contributed by atoms with Gasteiger partial charge in [-0.1, -0.05) is 18.2 Å². The van der Waals surface area contributed by atoms with Gasteiger partial charge in [-0.3, -0.25) is 0 Å². The molecule has 0 unspecified atom stereocenters. The van der Waals surface area contributed by atoms with Gasteiger partial charge in [0.2, 0.25) is 0 Å². The Kier molecular flexibility index (Phi) is 0.977. The summed E-state index contributed by atoms with van der Waals surface area (Å²) < 4.78 is 5.77. The predicted molar refractivity (Wildman–Crippen MR) is 55.5 cm³/mol. The number of rotatable bonds is 0. The van der Waals surface area contributed by atoms with E-state index in [1.165, 1.54) is 23.8 Å². The molecule has 70 valence electrons. The van der Waals surface area contributed by atoms with Gasteiger partial charge in [0.15, 0.2) is 5.88 Å². The lowest BCUT2D eigenvalue weighted by atomic mass is 10.1. The van der Waals surface area contributed by atoms with Crippen molar-refractivity contribution in [2.75, 3.05) is 5.32 Å². The molecular formula is C12H11NO. The highest BCUT2D eigenvalue weighted by Gasteiger charge is 2.49. The molecule has 1 N–H and O–H groups in total. The van der Waals surface area contributed by atoms with Gasteiger partial charge in [-0.25, -0.2) is 0 Å². The van der Waals surface area contributed by atoms with E-state index < -0.39 is 0 Å². The molecule has 2 heterocycles. The molecule has 2 nitrogen and oxygen atoms in total. The molecule has 14 heavy (non-hydrogen) atoms. The van der Waals surface area contributed by atoms with E-state index in [0.29, 0.717) is 5.54 Å². The van der Waals surface area contributed by atoms with Gasteiger partial charge in [-0.15, -0.1) is 0 Å². The van der Waals surface area contributed by atoms with Gasteiger partial charge < -0.3 is 9.73 Å². The third kappa shape index (κ3) is 0.722. The van der Waals surface area contributed by atoms with Crippen molar-refractivity contribution in [3.8, 4) is 0 Å². The lowest BCUT2D eigenvalue weighted by molar-refractivity contribution is 0.622. The monoisotopic (exact) mass is 185 g/mol. The van der Waals surface area contributed by atoms with Crippen LogP contribution in [0.5, 0.6) is 0 Å². The summed E-state index contributed by atoms with van der Waals surface area (Å²) in [5.41, 5.74) is 2.79. The maximum absolute atomic E-state index is 5.77. The number of hydrogen-bond acceptors (Lipinski definition) is 2. The largest absolute Gasteiger partial charge is 0.440 e. The number of fused-ring (bicyclic) bond motifs is 3. The van der Waals surface area contributed by atoms with Gasteiger partial charge in [-0.05, 0) is 18.9 Å². The van der Waals surface area contributed by atoms with Crippen molar-refractivity contribution in [1.29, 1.82) is 0 Å². The van der Waals surface area contributed by atoms with Crippen LogP contribution in [0.2, 0.25) is 0 Å². The Morgan fingerprint density at radius 3 is 2.93 bits per heavy atom. The van der Waals surface area contributed by atoms with Crippen LogP contribution >= 0.6 is 0 Å². The molecule has 1 aliphatic heterocycles. The van der Waals surface area contributed by atoms with E-state index in [1.807, 2.05) is 12.1 Å². The third-order valence-electron chi connectivity index (χ3n) is 3.45. The molecule has 1 saturated carbocycles. The summed E-state index contributed by atoms with van der Waals surface area (Å²) in [6.07, 6.45) is 3.75. The normalized spacial score (nSPS) is 21.1. The average Bonchev–Trinajstić information content (AvgIpc) is 2.70. The molecule has 4 rings (SSSR count). The summed E-state index contributed by atoms with van der Waals surface area (Å²) in [5.74, 6) is 1.02. The number of hydrogen-bond donors (Lipinski definition) is 1. The smallest absolute Gasteiger partial charge is 0.197 e. The second kappa shape index (κ2) is 1.97. The van der Waals surface area contributed by atoms with Crippen LogP contribution in [-0.4, -0.2) is 5.54 Å². The van der Waals surface area contributed by atoms with Crippen molar-refractivity contribution in [2.24, 2.45) is 0 Å². The highest BCUT2D eigenvalue weighted by molar-refractivity contribution is 5.88. The van der Waals surface area contributed by atoms with Crippen molar-refractivity contribution in [1.82, 2.24) is 0 Å². The Hall–Kier alpha value is -1.44. The van der Waals surface area contributed by atoms with Crippen molar-refractivity contribution >= 4 is 16.9 Å². The Labute approximate surface area is 81.9 Å². The zero-order valence-corrected chi connectivity index (χ0v) is 7.84. The number of para-hydroxylation sites is 1. The molecule has 0 amide bonds. The Bertz CT molecular complexity index is 522. The molecule has 1 fully saturated rings. The molecule has 1 aliphatic carbocycles. The van der Waals surface area contributed by atoms with E-state index in [9.17, 15) is 0 Å². The fraction of sp³-hybridized carbons (Fsp3) is 0.333. The van der Waals surface area contributed by atoms with Crippen LogP contribution in [0.25, 0.3) is 11.0 Å². The summed E-state index contributed by atoms with van der Waals surface area (Å²) in [5, 5.41) is 4.80. The zero-order valence-electron chi connectivity index (χ0n) is 7.84. The lowest BCUT2D eigenvalue weighted by Crippen LogP contribution is -2.16. The van der Waals surface area contributed by atoms with E-state index in [0.717, 1.165) is 17.9 Å². The molecule has 2 aliphatic rings. The predicted octanol–water partition coefficient (Wildman–Crippen LogP) is 2.93. The molecular weight excluding hydrogens is 174 g/mol. The highest BCUT2D eigenvalue weighted by Crippen LogP contribution is 2.50. The first-order valence-corrected chi connectivity index (χ1v) is 5.15. The molecule has 0 radical (unpaired) electrons. The van der Waals surface area contributed by atoms with Crippen molar-refractivity contribution in [2.45, 2.75) is 24.8 Å². The molecule has 2 aromatic rings. The molecule has 0 bridgehead atoms. The van der Waals surface area contributed by atoms with E-state index in [2.05, 4.69) is 17.4 Å². The van der Waals surface area contributed by atoms with Crippen LogP contribution in [-0.2, 0) is 6.42 Å². The van der Waals surface area contributed by atoms with Crippen LogP contribution in [0.3, 0.4) is 0 Å². The van der Waals surface area contributed by atoms with E-state index in [4.69, 9.17) is 4.42 Å². The molecule has 1 aromatic heterocycles. The van der Waals surface area contributed by atoms with Gasteiger partial charge in [0.1, 0.15) is 5.58 Å². The molecule has 1 spiro atoms. The minimum atomic E-state index is 0.387. The molecule has 1 aromatic carbocycles. The lowest BCUT2D eigenvalue weighted by Gasteiger charge is -2.05. The quantitative estimate of drug-likeness (QED) is 0.682. The topological polar surface area (TPSA) is 25.2 Å².